The molecule has 3 nitrogen and oxygen atoms in total. The lowest BCUT2D eigenvalue weighted by atomic mass is 9.85. The largest absolute Gasteiger partial charge is 0.390 e. The molecule has 4 bridgehead atoms. The third-order valence-corrected chi connectivity index (χ3v) is 3.41. The molecule has 4 fully saturated rings. The summed E-state index contributed by atoms with van der Waals surface area (Å²) in [7, 11) is 0. The minimum atomic E-state index is -0.864. The summed E-state index contributed by atoms with van der Waals surface area (Å²) in [5.41, 5.74) is 0. The predicted molar refractivity (Wildman–Crippen MR) is 36.7 cm³/mol. The first kappa shape index (κ1) is 6.40. The zero-order chi connectivity index (χ0) is 7.64. The van der Waals surface area contributed by atoms with Crippen LogP contribution in [0.15, 0.2) is 0 Å². The van der Waals surface area contributed by atoms with Crippen molar-refractivity contribution in [3.05, 3.63) is 0 Å². The fourth-order valence-electron chi connectivity index (χ4n) is 3.03. The smallest absolute Gasteiger partial charge is 0.166 e. The second-order valence-electron chi connectivity index (χ2n) is 4.18. The van der Waals surface area contributed by atoms with Gasteiger partial charge < -0.3 is 14.9 Å². The number of hydrogen-bond donors (Lipinski definition) is 2. The van der Waals surface area contributed by atoms with Gasteiger partial charge in [-0.25, -0.2) is 0 Å². The average Bonchev–Trinajstić information content (AvgIpc) is 2.27. The van der Waals surface area contributed by atoms with Crippen molar-refractivity contribution in [2.75, 3.05) is 0 Å². The van der Waals surface area contributed by atoms with Crippen LogP contribution in [0.5, 0.6) is 0 Å². The Kier molecular flexibility index (Phi) is 0.947. The van der Waals surface area contributed by atoms with Gasteiger partial charge in [0.25, 0.3) is 0 Å². The minimum absolute atomic E-state index is 0.0567. The first-order valence-corrected chi connectivity index (χ1v) is 4.26. The molecule has 2 aliphatic carbocycles. The number of aliphatic hydroxyl groups excluding tert-OH is 1. The minimum Gasteiger partial charge on any atom is -0.390 e. The van der Waals surface area contributed by atoms with Crippen molar-refractivity contribution in [3.8, 4) is 0 Å². The molecule has 11 heavy (non-hydrogen) atoms. The molecule has 4 rings (SSSR count). The Morgan fingerprint density at radius 1 is 1.27 bits per heavy atom. The third kappa shape index (κ3) is 0.643. The Balaban J connectivity index is 2.00. The fraction of sp³-hybridized carbons (Fsp3) is 1.00. The van der Waals surface area contributed by atoms with Gasteiger partial charge in [0.1, 0.15) is 0 Å². The molecule has 3 heteroatoms. The predicted octanol–water partition coefficient (Wildman–Crippen LogP) is -0.135. The normalized spacial score (nSPS) is 66.0. The lowest BCUT2D eigenvalue weighted by molar-refractivity contribution is -0.247. The van der Waals surface area contributed by atoms with E-state index in [2.05, 4.69) is 0 Å². The van der Waals surface area contributed by atoms with Gasteiger partial charge in [0.05, 0.1) is 12.2 Å². The van der Waals surface area contributed by atoms with E-state index in [4.69, 9.17) is 4.74 Å². The zero-order valence-corrected chi connectivity index (χ0v) is 6.23. The van der Waals surface area contributed by atoms with Crippen LogP contribution >= 0.6 is 0 Å². The van der Waals surface area contributed by atoms with Crippen molar-refractivity contribution in [1.29, 1.82) is 0 Å². The van der Waals surface area contributed by atoms with Crippen LogP contribution in [-0.2, 0) is 4.74 Å². The van der Waals surface area contributed by atoms with E-state index in [9.17, 15) is 10.2 Å². The molecule has 2 heterocycles. The van der Waals surface area contributed by atoms with Gasteiger partial charge >= 0.3 is 0 Å². The van der Waals surface area contributed by atoms with Crippen molar-refractivity contribution in [1.82, 2.24) is 0 Å². The summed E-state index contributed by atoms with van der Waals surface area (Å²) in [6, 6.07) is 0. The van der Waals surface area contributed by atoms with Crippen LogP contribution in [0.25, 0.3) is 0 Å². The second kappa shape index (κ2) is 1.63. The van der Waals surface area contributed by atoms with Gasteiger partial charge in [-0.3, -0.25) is 0 Å². The molecule has 5 atom stereocenters. The van der Waals surface area contributed by atoms with Crippen LogP contribution in [-0.4, -0.2) is 28.2 Å². The fourth-order valence-corrected chi connectivity index (χ4v) is 3.03. The van der Waals surface area contributed by atoms with E-state index < -0.39 is 5.79 Å². The Hall–Kier alpha value is -0.120. The van der Waals surface area contributed by atoms with Gasteiger partial charge in [-0.2, -0.15) is 0 Å². The highest BCUT2D eigenvalue weighted by Crippen LogP contribution is 2.55. The van der Waals surface area contributed by atoms with Crippen LogP contribution in [0.3, 0.4) is 0 Å². The van der Waals surface area contributed by atoms with E-state index in [1.54, 1.807) is 0 Å². The van der Waals surface area contributed by atoms with Crippen LogP contribution in [0.2, 0.25) is 0 Å². The number of rotatable bonds is 0. The molecule has 0 aromatic rings. The summed E-state index contributed by atoms with van der Waals surface area (Å²) in [6.45, 7) is 0. The molecule has 2 saturated carbocycles. The molecular weight excluding hydrogens is 144 g/mol. The van der Waals surface area contributed by atoms with Gasteiger partial charge in [0, 0.05) is 12.8 Å². The molecular formula is C8H12O3. The van der Waals surface area contributed by atoms with Crippen LogP contribution in [0, 0.1) is 11.8 Å². The molecule has 0 spiro atoms. The Morgan fingerprint density at radius 2 is 2.00 bits per heavy atom. The van der Waals surface area contributed by atoms with Gasteiger partial charge in [-0.1, -0.05) is 0 Å². The molecule has 0 radical (unpaired) electrons. The van der Waals surface area contributed by atoms with Crippen LogP contribution in [0.1, 0.15) is 19.3 Å². The molecule has 5 unspecified atom stereocenters. The summed E-state index contributed by atoms with van der Waals surface area (Å²) >= 11 is 0. The van der Waals surface area contributed by atoms with E-state index in [0.717, 1.165) is 12.8 Å². The zero-order valence-electron chi connectivity index (χ0n) is 6.23. The Morgan fingerprint density at radius 3 is 2.64 bits per heavy atom. The summed E-state index contributed by atoms with van der Waals surface area (Å²) in [5, 5.41) is 19.3. The highest BCUT2D eigenvalue weighted by Gasteiger charge is 2.61. The van der Waals surface area contributed by atoms with E-state index >= 15 is 0 Å². The van der Waals surface area contributed by atoms with E-state index in [1.807, 2.05) is 0 Å². The van der Waals surface area contributed by atoms with E-state index in [0.29, 0.717) is 18.3 Å². The number of hydrogen-bond acceptors (Lipinski definition) is 3. The summed E-state index contributed by atoms with van der Waals surface area (Å²) in [6.07, 6.45) is 2.07. The summed E-state index contributed by atoms with van der Waals surface area (Å²) < 4.78 is 5.36. The van der Waals surface area contributed by atoms with Crippen molar-refractivity contribution in [3.63, 3.8) is 0 Å². The molecule has 4 aliphatic rings. The average molecular weight is 156 g/mol. The monoisotopic (exact) mass is 156 g/mol. The van der Waals surface area contributed by atoms with Crippen molar-refractivity contribution in [2.45, 2.75) is 37.3 Å². The first-order valence-electron chi connectivity index (χ1n) is 4.26. The SMILES string of the molecule is OC1C2CC3CC(O)(C2)OC31. The summed E-state index contributed by atoms with van der Waals surface area (Å²) in [4.78, 5) is 0. The summed E-state index contributed by atoms with van der Waals surface area (Å²) in [5.74, 6) is -0.136. The van der Waals surface area contributed by atoms with Crippen LogP contribution in [0.4, 0.5) is 0 Å². The van der Waals surface area contributed by atoms with Crippen molar-refractivity contribution >= 4 is 0 Å². The van der Waals surface area contributed by atoms with Gasteiger partial charge in [-0.05, 0) is 18.3 Å². The van der Waals surface area contributed by atoms with E-state index in [1.165, 1.54) is 0 Å². The standard InChI is InChI=1S/C8H12O3/c9-6-4-1-5-3-8(10,2-4)11-7(5)6/h4-7,9-10H,1-3H2. The maximum atomic E-state index is 9.71. The highest BCUT2D eigenvalue weighted by molar-refractivity contribution is 5.06. The quantitative estimate of drug-likeness (QED) is 0.513. The molecule has 0 aromatic carbocycles. The van der Waals surface area contributed by atoms with Gasteiger partial charge in [0.15, 0.2) is 5.79 Å². The van der Waals surface area contributed by atoms with Crippen LogP contribution < -0.4 is 0 Å². The Bertz CT molecular complexity index is 202. The first-order chi connectivity index (χ1) is 5.18. The number of ether oxygens (including phenoxy) is 1. The van der Waals surface area contributed by atoms with E-state index in [-0.39, 0.29) is 12.2 Å². The molecule has 62 valence electrons. The molecule has 2 aliphatic heterocycles. The lowest BCUT2D eigenvalue weighted by Gasteiger charge is -2.35. The van der Waals surface area contributed by atoms with Gasteiger partial charge in [-0.15, -0.1) is 0 Å². The van der Waals surface area contributed by atoms with Gasteiger partial charge in [0.2, 0.25) is 0 Å². The van der Waals surface area contributed by atoms with Crippen molar-refractivity contribution < 1.29 is 14.9 Å². The highest BCUT2D eigenvalue weighted by atomic mass is 16.6. The number of aliphatic hydroxyl groups is 2. The topological polar surface area (TPSA) is 49.7 Å². The lowest BCUT2D eigenvalue weighted by Crippen LogP contribution is -2.43. The molecule has 2 N–H and O–H groups in total. The maximum absolute atomic E-state index is 9.71. The molecule has 0 amide bonds. The molecule has 2 saturated heterocycles. The van der Waals surface area contributed by atoms with Crippen molar-refractivity contribution in [2.24, 2.45) is 11.8 Å². The molecule has 0 aromatic heterocycles. The second-order valence-corrected chi connectivity index (χ2v) is 4.18. The third-order valence-electron chi connectivity index (χ3n) is 3.41. The Labute approximate surface area is 65.0 Å². The maximum Gasteiger partial charge on any atom is 0.166 e.